The Hall–Kier alpha value is -2.94. The minimum atomic E-state index is -4.43. The van der Waals surface area contributed by atoms with Gasteiger partial charge in [-0.05, 0) is 6.07 Å². The van der Waals surface area contributed by atoms with Gasteiger partial charge in [-0.15, -0.1) is 11.3 Å². The fourth-order valence-corrected chi connectivity index (χ4v) is 3.51. The average molecular weight is 405 g/mol. The van der Waals surface area contributed by atoms with Crippen LogP contribution >= 0.6 is 11.3 Å². The summed E-state index contributed by atoms with van der Waals surface area (Å²) >= 11 is 1.40. The van der Waals surface area contributed by atoms with Gasteiger partial charge >= 0.3 is 6.18 Å². The van der Waals surface area contributed by atoms with Crippen LogP contribution in [0.25, 0.3) is 10.6 Å². The van der Waals surface area contributed by atoms with Gasteiger partial charge < -0.3 is 9.64 Å². The van der Waals surface area contributed by atoms with Crippen LogP contribution in [0.1, 0.15) is 16.1 Å². The van der Waals surface area contributed by atoms with E-state index in [9.17, 15) is 18.0 Å². The summed E-state index contributed by atoms with van der Waals surface area (Å²) in [5, 5.41) is 2.49. The normalized spacial score (nSPS) is 14.6. The number of ether oxygens (including phenoxy) is 1. The first-order valence-electron chi connectivity index (χ1n) is 8.40. The zero-order valence-corrected chi connectivity index (χ0v) is 15.2. The SMILES string of the molecule is O=C(c1csc(-c2ccccc2)n1)N1CC(Oc2ccc(C(F)(F)F)cn2)C1. The number of nitrogens with zero attached hydrogens (tertiary/aromatic N) is 3. The molecule has 0 radical (unpaired) electrons. The van der Waals surface area contributed by atoms with Gasteiger partial charge in [0.05, 0.1) is 18.7 Å². The van der Waals surface area contributed by atoms with Gasteiger partial charge in [0.15, 0.2) is 0 Å². The summed E-state index contributed by atoms with van der Waals surface area (Å²) in [7, 11) is 0. The number of alkyl halides is 3. The van der Waals surface area contributed by atoms with Crippen LogP contribution in [-0.4, -0.2) is 40.0 Å². The summed E-state index contributed by atoms with van der Waals surface area (Å²) in [4.78, 5) is 22.1. The van der Waals surface area contributed by atoms with Gasteiger partial charge in [0, 0.05) is 23.2 Å². The molecular formula is C19H14F3N3O2S. The Labute approximate surface area is 162 Å². The van der Waals surface area contributed by atoms with Crippen molar-refractivity contribution in [3.05, 3.63) is 65.3 Å². The van der Waals surface area contributed by atoms with Gasteiger partial charge in [-0.2, -0.15) is 13.2 Å². The van der Waals surface area contributed by atoms with Crippen molar-refractivity contribution >= 4 is 17.2 Å². The van der Waals surface area contributed by atoms with E-state index >= 15 is 0 Å². The second kappa shape index (κ2) is 7.23. The van der Waals surface area contributed by atoms with E-state index in [1.54, 1.807) is 10.3 Å². The number of aromatic nitrogens is 2. The number of halogens is 3. The molecule has 28 heavy (non-hydrogen) atoms. The van der Waals surface area contributed by atoms with Crippen LogP contribution in [0.4, 0.5) is 13.2 Å². The molecule has 1 aromatic carbocycles. The van der Waals surface area contributed by atoms with Gasteiger partial charge in [0.25, 0.3) is 5.91 Å². The lowest BCUT2D eigenvalue weighted by Gasteiger charge is -2.38. The molecule has 4 rings (SSSR count). The molecule has 0 atom stereocenters. The summed E-state index contributed by atoms with van der Waals surface area (Å²) in [6.07, 6.45) is -4.00. The maximum absolute atomic E-state index is 12.5. The van der Waals surface area contributed by atoms with E-state index in [0.29, 0.717) is 18.8 Å². The molecule has 2 aromatic heterocycles. The molecule has 9 heteroatoms. The third-order valence-corrected chi connectivity index (χ3v) is 5.12. The Bertz CT molecular complexity index is 968. The number of carbonyl (C=O) groups excluding carboxylic acids is 1. The van der Waals surface area contributed by atoms with Crippen molar-refractivity contribution in [1.82, 2.24) is 14.9 Å². The first kappa shape index (κ1) is 18.4. The highest BCUT2D eigenvalue weighted by Crippen LogP contribution is 2.30. The van der Waals surface area contributed by atoms with Crippen LogP contribution in [0.15, 0.2) is 54.0 Å². The molecule has 1 amide bonds. The second-order valence-corrected chi connectivity index (χ2v) is 7.09. The molecule has 1 aliphatic rings. The van der Waals surface area contributed by atoms with E-state index < -0.39 is 11.7 Å². The molecule has 0 N–H and O–H groups in total. The number of rotatable bonds is 4. The molecule has 144 valence electrons. The van der Waals surface area contributed by atoms with Gasteiger partial charge in [0.2, 0.25) is 5.88 Å². The quantitative estimate of drug-likeness (QED) is 0.655. The van der Waals surface area contributed by atoms with Crippen molar-refractivity contribution in [2.24, 2.45) is 0 Å². The molecule has 3 heterocycles. The van der Waals surface area contributed by atoms with Crippen LogP contribution in [-0.2, 0) is 6.18 Å². The molecule has 0 saturated carbocycles. The third-order valence-electron chi connectivity index (χ3n) is 4.23. The molecule has 0 aliphatic carbocycles. The van der Waals surface area contributed by atoms with E-state index in [-0.39, 0.29) is 17.9 Å². The number of hydrogen-bond acceptors (Lipinski definition) is 5. The second-order valence-electron chi connectivity index (χ2n) is 6.24. The molecular weight excluding hydrogens is 391 g/mol. The third kappa shape index (κ3) is 3.84. The standard InChI is InChI=1S/C19H14F3N3O2S/c20-19(21,22)13-6-7-16(23-8-13)27-14-9-25(10-14)18(26)15-11-28-17(24-15)12-4-2-1-3-5-12/h1-8,11,14H,9-10H2. The number of pyridine rings is 1. The fourth-order valence-electron chi connectivity index (χ4n) is 2.71. The van der Waals surface area contributed by atoms with Crippen LogP contribution in [0.5, 0.6) is 5.88 Å². The lowest BCUT2D eigenvalue weighted by atomic mass is 10.1. The number of thiazole rings is 1. The molecule has 0 bridgehead atoms. The predicted molar refractivity (Wildman–Crippen MR) is 97.1 cm³/mol. The average Bonchev–Trinajstić information content (AvgIpc) is 3.14. The van der Waals surface area contributed by atoms with Gasteiger partial charge in [0.1, 0.15) is 16.8 Å². The first-order chi connectivity index (χ1) is 13.4. The van der Waals surface area contributed by atoms with Crippen molar-refractivity contribution in [1.29, 1.82) is 0 Å². The smallest absolute Gasteiger partial charge is 0.417 e. The molecule has 0 unspecified atom stereocenters. The van der Waals surface area contributed by atoms with E-state index in [2.05, 4.69) is 9.97 Å². The Morgan fingerprint density at radius 2 is 1.89 bits per heavy atom. The number of likely N-dealkylation sites (tertiary alicyclic amines) is 1. The highest BCUT2D eigenvalue weighted by atomic mass is 32.1. The van der Waals surface area contributed by atoms with Crippen LogP contribution in [0.2, 0.25) is 0 Å². The number of carbonyl (C=O) groups is 1. The van der Waals surface area contributed by atoms with Crippen molar-refractivity contribution in [3.8, 4) is 16.5 Å². The van der Waals surface area contributed by atoms with Crippen LogP contribution < -0.4 is 4.74 Å². The van der Waals surface area contributed by atoms with Crippen molar-refractivity contribution < 1.29 is 22.7 Å². The maximum atomic E-state index is 12.5. The van der Waals surface area contributed by atoms with Crippen molar-refractivity contribution in [2.75, 3.05) is 13.1 Å². The monoisotopic (exact) mass is 405 g/mol. The highest BCUT2D eigenvalue weighted by molar-refractivity contribution is 7.13. The number of benzene rings is 1. The maximum Gasteiger partial charge on any atom is 0.417 e. The van der Waals surface area contributed by atoms with Gasteiger partial charge in [-0.3, -0.25) is 4.79 Å². The van der Waals surface area contributed by atoms with Crippen LogP contribution in [0, 0.1) is 0 Å². The topological polar surface area (TPSA) is 55.3 Å². The predicted octanol–water partition coefficient (Wildman–Crippen LogP) is 4.13. The first-order valence-corrected chi connectivity index (χ1v) is 9.28. The summed E-state index contributed by atoms with van der Waals surface area (Å²) < 4.78 is 43.1. The van der Waals surface area contributed by atoms with E-state index in [0.717, 1.165) is 22.8 Å². The molecule has 5 nitrogen and oxygen atoms in total. The van der Waals surface area contributed by atoms with Crippen molar-refractivity contribution in [2.45, 2.75) is 12.3 Å². The zero-order valence-electron chi connectivity index (χ0n) is 14.4. The zero-order chi connectivity index (χ0) is 19.7. The molecule has 1 aliphatic heterocycles. The number of amides is 1. The Morgan fingerprint density at radius 1 is 1.14 bits per heavy atom. The Kier molecular flexibility index (Phi) is 4.76. The lowest BCUT2D eigenvalue weighted by molar-refractivity contribution is -0.137. The van der Waals surface area contributed by atoms with Gasteiger partial charge in [-0.25, -0.2) is 9.97 Å². The number of hydrogen-bond donors (Lipinski definition) is 0. The van der Waals surface area contributed by atoms with E-state index in [1.807, 2.05) is 30.3 Å². The fraction of sp³-hybridized carbons (Fsp3) is 0.211. The largest absolute Gasteiger partial charge is 0.471 e. The molecule has 1 saturated heterocycles. The Balaban J connectivity index is 1.33. The Morgan fingerprint density at radius 3 is 2.54 bits per heavy atom. The molecule has 0 spiro atoms. The van der Waals surface area contributed by atoms with Gasteiger partial charge in [-0.1, -0.05) is 30.3 Å². The summed E-state index contributed by atoms with van der Waals surface area (Å²) in [6, 6.07) is 11.7. The van der Waals surface area contributed by atoms with Crippen molar-refractivity contribution in [3.63, 3.8) is 0 Å². The van der Waals surface area contributed by atoms with E-state index in [1.165, 1.54) is 17.4 Å². The van der Waals surface area contributed by atoms with E-state index in [4.69, 9.17) is 4.74 Å². The summed E-state index contributed by atoms with van der Waals surface area (Å²) in [5.74, 6) is -0.0937. The van der Waals surface area contributed by atoms with Crippen LogP contribution in [0.3, 0.4) is 0 Å². The molecule has 1 fully saturated rings. The molecule has 3 aromatic rings. The summed E-state index contributed by atoms with van der Waals surface area (Å²) in [6.45, 7) is 0.666. The summed E-state index contributed by atoms with van der Waals surface area (Å²) in [5.41, 5.74) is 0.489. The minimum absolute atomic E-state index is 0.102. The highest BCUT2D eigenvalue weighted by Gasteiger charge is 2.35. The minimum Gasteiger partial charge on any atom is -0.471 e. The lowest BCUT2D eigenvalue weighted by Crippen LogP contribution is -2.56.